The largest absolute Gasteiger partial charge is 0.463 e. The highest BCUT2D eigenvalue weighted by Crippen LogP contribution is 2.42. The first-order chi connectivity index (χ1) is 16.1. The number of aliphatic hydroxyl groups excluding tert-OH is 6. The van der Waals surface area contributed by atoms with Crippen LogP contribution in [0.5, 0.6) is 0 Å². The average molecular weight is 492 g/mol. The molecule has 4 rings (SSSR count). The molecule has 2 saturated carbocycles. The zero-order chi connectivity index (χ0) is 24.6. The molecule has 4 aliphatic rings. The van der Waals surface area contributed by atoms with E-state index < -0.39 is 55.0 Å². The second-order valence-electron chi connectivity index (χ2n) is 10.4. The van der Waals surface area contributed by atoms with Crippen LogP contribution in [0.4, 0.5) is 0 Å². The normalized spacial score (nSPS) is 49.8. The van der Waals surface area contributed by atoms with Crippen LogP contribution in [0.15, 0.2) is 0 Å². The Morgan fingerprint density at radius 3 is 2.29 bits per heavy atom. The molecule has 0 spiro atoms. The molecule has 7 N–H and O–H groups in total. The topological polar surface area (TPSA) is 179 Å². The van der Waals surface area contributed by atoms with Crippen LogP contribution in [0.1, 0.15) is 51.9 Å². The highest BCUT2D eigenvalue weighted by molar-refractivity contribution is 5.65. The number of rotatable bonds is 5. The molecule has 0 aromatic heterocycles. The maximum atomic E-state index is 11.2. The lowest BCUT2D eigenvalue weighted by Crippen LogP contribution is -2.63. The molecule has 2 aliphatic heterocycles. The van der Waals surface area contributed by atoms with Crippen LogP contribution >= 0.6 is 0 Å². The first-order valence-corrected chi connectivity index (χ1v) is 12.4. The monoisotopic (exact) mass is 491 g/mol. The van der Waals surface area contributed by atoms with Gasteiger partial charge in [-0.15, -0.1) is 0 Å². The Morgan fingerprint density at radius 2 is 1.62 bits per heavy atom. The zero-order valence-electron chi connectivity index (χ0n) is 19.4. The predicted octanol–water partition coefficient (Wildman–Crippen LogP) is -1.91. The van der Waals surface area contributed by atoms with Crippen LogP contribution in [-0.2, 0) is 19.0 Å². The standard InChI is InChI=1S/C23H38O11/c1-10(24)31-9-18-19(28)20(29)21(30)23(34-18)33-17-8-14-15(27)6-13(26)7-16(14)32-22(17)11-2-4-12(25)5-3-11/h11-23,25-30H,2-9H2,1H3/p+1. The summed E-state index contributed by atoms with van der Waals surface area (Å²) in [6.45, 7) is 0.910. The van der Waals surface area contributed by atoms with E-state index in [1.807, 2.05) is 0 Å². The number of aliphatic hydroxyl groups is 8. The summed E-state index contributed by atoms with van der Waals surface area (Å²) < 4.78 is 21.8. The fourth-order valence-electron chi connectivity index (χ4n) is 6.01. The van der Waals surface area contributed by atoms with Gasteiger partial charge in [-0.25, -0.2) is 0 Å². The molecule has 11 heteroatoms. The third-order valence-corrected chi connectivity index (χ3v) is 7.92. The average Bonchev–Trinajstić information content (AvgIpc) is 2.79. The van der Waals surface area contributed by atoms with Crippen LogP contribution in [0, 0.1) is 11.8 Å². The van der Waals surface area contributed by atoms with Gasteiger partial charge in [0.25, 0.3) is 0 Å². The summed E-state index contributed by atoms with van der Waals surface area (Å²) in [4.78, 5) is 11.2. The number of hydrogen-bond donors (Lipinski definition) is 6. The van der Waals surface area contributed by atoms with E-state index in [-0.39, 0.29) is 43.2 Å². The summed E-state index contributed by atoms with van der Waals surface area (Å²) in [6.07, 6.45) is -5.70. The number of esters is 1. The fourth-order valence-corrected chi connectivity index (χ4v) is 6.01. The Labute approximate surface area is 198 Å². The Balaban J connectivity index is 1.50. The molecule has 2 aliphatic carbocycles. The van der Waals surface area contributed by atoms with Crippen molar-refractivity contribution >= 4 is 5.97 Å². The molecule has 11 atom stereocenters. The summed E-state index contributed by atoms with van der Waals surface area (Å²) >= 11 is 0. The van der Waals surface area contributed by atoms with Crippen molar-refractivity contribution in [2.24, 2.45) is 11.8 Å². The molecule has 2 heterocycles. The Hall–Kier alpha value is -0.890. The molecular formula is C23H39O11+. The van der Waals surface area contributed by atoms with Crippen LogP contribution in [0.3, 0.4) is 0 Å². The molecular weight excluding hydrogens is 452 g/mol. The van der Waals surface area contributed by atoms with Crippen molar-refractivity contribution in [1.82, 2.24) is 0 Å². The van der Waals surface area contributed by atoms with Crippen molar-refractivity contribution in [3.63, 3.8) is 0 Å². The number of hydrogen-bond acceptors (Lipinski definition) is 10. The lowest BCUT2D eigenvalue weighted by atomic mass is 9.73. The molecule has 0 radical (unpaired) electrons. The second-order valence-corrected chi connectivity index (χ2v) is 10.4. The Morgan fingerprint density at radius 1 is 0.912 bits per heavy atom. The van der Waals surface area contributed by atoms with Crippen LogP contribution in [-0.4, -0.2) is 115 Å². The van der Waals surface area contributed by atoms with E-state index in [0.29, 0.717) is 25.7 Å². The fraction of sp³-hybridized carbons (Fsp3) is 0.957. The number of carbonyl (C=O) groups is 1. The number of carbonyl (C=O) groups excluding carboxylic acids is 1. The predicted molar refractivity (Wildman–Crippen MR) is 115 cm³/mol. The third kappa shape index (κ3) is 5.74. The smallest absolute Gasteiger partial charge is 0.302 e. The molecule has 196 valence electrons. The van der Waals surface area contributed by atoms with Gasteiger partial charge in [0.05, 0.1) is 24.2 Å². The number of ether oxygens (including phenoxy) is 4. The lowest BCUT2D eigenvalue weighted by Gasteiger charge is -2.48. The van der Waals surface area contributed by atoms with Gasteiger partial charge in [-0.2, -0.15) is 0 Å². The van der Waals surface area contributed by atoms with Crippen LogP contribution < -0.4 is 0 Å². The van der Waals surface area contributed by atoms with Crippen molar-refractivity contribution < 1.29 is 54.4 Å². The van der Waals surface area contributed by atoms with Gasteiger partial charge >= 0.3 is 5.97 Å². The minimum atomic E-state index is -1.56. The highest BCUT2D eigenvalue weighted by atomic mass is 16.7. The second kappa shape index (κ2) is 11.0. The SMILES string of the molecule is CC(=O)OCC1OC(OC2CC3C(O)CC(O)CC3[OH+]C2C2CCC(O)CC2)C(O)C(O)C1O. The summed E-state index contributed by atoms with van der Waals surface area (Å²) in [5.74, 6) is -0.662. The zero-order valence-corrected chi connectivity index (χ0v) is 19.4. The molecule has 2 saturated heterocycles. The van der Waals surface area contributed by atoms with E-state index in [0.717, 1.165) is 12.8 Å². The molecule has 0 amide bonds. The minimum Gasteiger partial charge on any atom is -0.463 e. The van der Waals surface area contributed by atoms with Gasteiger partial charge in [0.2, 0.25) is 0 Å². The maximum absolute atomic E-state index is 11.2. The van der Waals surface area contributed by atoms with Gasteiger partial charge in [0.15, 0.2) is 18.5 Å². The summed E-state index contributed by atoms with van der Waals surface area (Å²) in [6, 6.07) is 0. The van der Waals surface area contributed by atoms with E-state index in [1.165, 1.54) is 6.92 Å². The van der Waals surface area contributed by atoms with Gasteiger partial charge in [0, 0.05) is 25.7 Å². The van der Waals surface area contributed by atoms with Crippen LogP contribution in [0.25, 0.3) is 0 Å². The van der Waals surface area contributed by atoms with Crippen molar-refractivity contribution in [2.45, 2.75) is 119 Å². The highest BCUT2D eigenvalue weighted by Gasteiger charge is 2.54. The van der Waals surface area contributed by atoms with Crippen molar-refractivity contribution in [3.8, 4) is 0 Å². The van der Waals surface area contributed by atoms with E-state index in [2.05, 4.69) is 0 Å². The third-order valence-electron chi connectivity index (χ3n) is 7.92. The molecule has 0 aromatic carbocycles. The van der Waals surface area contributed by atoms with E-state index in [4.69, 9.17) is 18.9 Å². The molecule has 0 aromatic rings. The van der Waals surface area contributed by atoms with E-state index >= 15 is 0 Å². The van der Waals surface area contributed by atoms with Gasteiger partial charge in [0.1, 0.15) is 37.1 Å². The quantitative estimate of drug-likeness (QED) is 0.188. The lowest BCUT2D eigenvalue weighted by molar-refractivity contribution is -0.355. The van der Waals surface area contributed by atoms with Crippen molar-refractivity contribution in [1.29, 1.82) is 0 Å². The molecule has 11 unspecified atom stereocenters. The van der Waals surface area contributed by atoms with Gasteiger partial charge in [-0.3, -0.25) is 4.79 Å². The Bertz CT molecular complexity index is 684. The molecule has 11 nitrogen and oxygen atoms in total. The summed E-state index contributed by atoms with van der Waals surface area (Å²) in [5, 5.41) is 61.9. The van der Waals surface area contributed by atoms with Crippen LogP contribution in [0.2, 0.25) is 0 Å². The van der Waals surface area contributed by atoms with Gasteiger partial charge in [-0.1, -0.05) is 0 Å². The minimum absolute atomic E-state index is 0.124. The first kappa shape index (κ1) is 26.2. The molecule has 34 heavy (non-hydrogen) atoms. The maximum Gasteiger partial charge on any atom is 0.302 e. The Kier molecular flexibility index (Phi) is 8.48. The summed E-state index contributed by atoms with van der Waals surface area (Å²) in [5.41, 5.74) is 0. The van der Waals surface area contributed by atoms with Gasteiger partial charge < -0.3 is 49.6 Å². The van der Waals surface area contributed by atoms with Gasteiger partial charge in [-0.05, 0) is 32.1 Å². The summed E-state index contributed by atoms with van der Waals surface area (Å²) in [7, 11) is 0. The van der Waals surface area contributed by atoms with E-state index in [9.17, 15) is 35.4 Å². The van der Waals surface area contributed by atoms with Crippen molar-refractivity contribution in [3.05, 3.63) is 0 Å². The molecule has 0 bridgehead atoms. The molecule has 4 fully saturated rings. The first-order valence-electron chi connectivity index (χ1n) is 12.4. The van der Waals surface area contributed by atoms with E-state index in [1.54, 1.807) is 0 Å². The number of fused-ring (bicyclic) bond motifs is 1. The van der Waals surface area contributed by atoms with Crippen molar-refractivity contribution in [2.75, 3.05) is 6.61 Å².